The molecule has 0 aliphatic rings. The quantitative estimate of drug-likeness (QED) is 0.436. The van der Waals surface area contributed by atoms with E-state index in [2.05, 4.69) is 5.32 Å². The summed E-state index contributed by atoms with van der Waals surface area (Å²) in [6.07, 6.45) is 0.392. The van der Waals surface area contributed by atoms with Gasteiger partial charge >= 0.3 is 0 Å². The van der Waals surface area contributed by atoms with E-state index in [1.165, 1.54) is 0 Å². The van der Waals surface area contributed by atoms with Gasteiger partial charge in [0.05, 0.1) is 5.02 Å². The summed E-state index contributed by atoms with van der Waals surface area (Å²) >= 11 is 6.20. The lowest BCUT2D eigenvalue weighted by Crippen LogP contribution is -2.52. The van der Waals surface area contributed by atoms with E-state index in [0.29, 0.717) is 17.2 Å². The summed E-state index contributed by atoms with van der Waals surface area (Å²) in [6.45, 7) is 5.88. The maximum absolute atomic E-state index is 13.5. The second kappa shape index (κ2) is 12.2. The summed E-state index contributed by atoms with van der Waals surface area (Å²) in [7, 11) is 0. The second-order valence-corrected chi connectivity index (χ2v) is 9.01. The first kappa shape index (κ1) is 25.3. The molecule has 0 aromatic heterocycles. The van der Waals surface area contributed by atoms with Crippen LogP contribution >= 0.6 is 11.6 Å². The van der Waals surface area contributed by atoms with E-state index in [4.69, 9.17) is 16.3 Å². The average Bonchev–Trinajstić information content (AvgIpc) is 2.81. The van der Waals surface area contributed by atoms with Gasteiger partial charge < -0.3 is 15.0 Å². The first-order valence-electron chi connectivity index (χ1n) is 11.4. The second-order valence-electron chi connectivity index (χ2n) is 8.60. The molecule has 0 radical (unpaired) electrons. The van der Waals surface area contributed by atoms with Crippen LogP contribution < -0.4 is 10.1 Å². The summed E-state index contributed by atoms with van der Waals surface area (Å²) in [5.74, 6) is -0.0573. The molecule has 0 aliphatic heterocycles. The highest BCUT2D eigenvalue weighted by molar-refractivity contribution is 6.32. The number of hydrogen-bond donors (Lipinski definition) is 1. The molecule has 0 bridgehead atoms. The highest BCUT2D eigenvalue weighted by atomic mass is 35.5. The van der Waals surface area contributed by atoms with Gasteiger partial charge in [-0.15, -0.1) is 0 Å². The van der Waals surface area contributed by atoms with Gasteiger partial charge in [0.1, 0.15) is 11.8 Å². The molecular formula is C28H31ClN2O3. The number of aryl methyl sites for hydroxylation is 1. The first-order valence-corrected chi connectivity index (χ1v) is 11.8. The lowest BCUT2D eigenvalue weighted by atomic mass is 10.0. The molecule has 0 heterocycles. The van der Waals surface area contributed by atoms with Gasteiger partial charge in [0, 0.05) is 19.0 Å². The zero-order chi connectivity index (χ0) is 24.5. The first-order chi connectivity index (χ1) is 16.3. The number of carbonyl (C=O) groups excluding carboxylic acids is 2. The van der Waals surface area contributed by atoms with Gasteiger partial charge in [-0.3, -0.25) is 9.59 Å². The topological polar surface area (TPSA) is 58.6 Å². The molecule has 6 heteroatoms. The number of hydrogen-bond acceptors (Lipinski definition) is 3. The van der Waals surface area contributed by atoms with Crippen molar-refractivity contribution in [1.29, 1.82) is 0 Å². The number of nitrogens with zero attached hydrogens (tertiary/aromatic N) is 1. The SMILES string of the molecule is Cc1cccc(CN(C(=O)COc2ccccc2Cl)C(Cc2ccccc2)C(=O)NC(C)C)c1. The minimum Gasteiger partial charge on any atom is -0.482 e. The molecular weight excluding hydrogens is 448 g/mol. The van der Waals surface area contributed by atoms with Crippen LogP contribution in [0.3, 0.4) is 0 Å². The molecule has 1 unspecified atom stereocenters. The Bertz CT molecular complexity index is 1100. The van der Waals surface area contributed by atoms with Crippen LogP contribution in [0.2, 0.25) is 5.02 Å². The van der Waals surface area contributed by atoms with Crippen molar-refractivity contribution in [3.05, 3.63) is 101 Å². The smallest absolute Gasteiger partial charge is 0.261 e. The van der Waals surface area contributed by atoms with E-state index >= 15 is 0 Å². The Hall–Kier alpha value is -3.31. The normalized spacial score (nSPS) is 11.7. The lowest BCUT2D eigenvalue weighted by molar-refractivity contribution is -0.143. The summed E-state index contributed by atoms with van der Waals surface area (Å²) in [6, 6.07) is 23.9. The summed E-state index contributed by atoms with van der Waals surface area (Å²) < 4.78 is 5.75. The van der Waals surface area contributed by atoms with Crippen LogP contribution in [0.4, 0.5) is 0 Å². The van der Waals surface area contributed by atoms with E-state index in [1.807, 2.05) is 75.4 Å². The van der Waals surface area contributed by atoms with Crippen LogP contribution in [0, 0.1) is 6.92 Å². The molecule has 0 spiro atoms. The third-order valence-electron chi connectivity index (χ3n) is 5.33. The fourth-order valence-corrected chi connectivity index (χ4v) is 3.92. The number of amides is 2. The van der Waals surface area contributed by atoms with Gasteiger partial charge in [0.15, 0.2) is 6.61 Å². The third-order valence-corrected chi connectivity index (χ3v) is 5.64. The molecule has 1 atom stereocenters. The van der Waals surface area contributed by atoms with E-state index in [1.54, 1.807) is 29.2 Å². The van der Waals surface area contributed by atoms with Crippen molar-refractivity contribution in [2.24, 2.45) is 0 Å². The Morgan fingerprint density at radius 1 is 0.941 bits per heavy atom. The van der Waals surface area contributed by atoms with Crippen LogP contribution in [0.1, 0.15) is 30.5 Å². The Kier molecular flexibility index (Phi) is 9.11. The minimum atomic E-state index is -0.701. The standard InChI is InChI=1S/C28H31ClN2O3/c1-20(2)30-28(33)25(17-22-11-5-4-6-12-22)31(18-23-13-9-10-21(3)16-23)27(32)19-34-26-15-8-7-14-24(26)29/h4-16,20,25H,17-19H2,1-3H3,(H,30,33). The summed E-state index contributed by atoms with van der Waals surface area (Å²) in [4.78, 5) is 28.4. The number of carbonyl (C=O) groups is 2. The maximum Gasteiger partial charge on any atom is 0.261 e. The predicted octanol–water partition coefficient (Wildman–Crippen LogP) is 5.19. The molecule has 34 heavy (non-hydrogen) atoms. The van der Waals surface area contributed by atoms with Crippen molar-refractivity contribution in [2.45, 2.75) is 45.8 Å². The fraction of sp³-hybridized carbons (Fsp3) is 0.286. The molecule has 0 aliphatic carbocycles. The average molecular weight is 479 g/mol. The minimum absolute atomic E-state index is 0.0546. The zero-order valence-electron chi connectivity index (χ0n) is 19.8. The third kappa shape index (κ3) is 7.35. The van der Waals surface area contributed by atoms with Gasteiger partial charge in [-0.05, 0) is 44.0 Å². The molecule has 0 fully saturated rings. The Morgan fingerprint density at radius 2 is 1.62 bits per heavy atom. The highest BCUT2D eigenvalue weighted by Gasteiger charge is 2.31. The van der Waals surface area contributed by atoms with Gasteiger partial charge in [-0.2, -0.15) is 0 Å². The summed E-state index contributed by atoms with van der Waals surface area (Å²) in [5, 5.41) is 3.41. The molecule has 5 nitrogen and oxygen atoms in total. The number of ether oxygens (including phenoxy) is 1. The van der Waals surface area contributed by atoms with Crippen LogP contribution in [-0.4, -0.2) is 35.4 Å². The molecule has 3 rings (SSSR count). The lowest BCUT2D eigenvalue weighted by Gasteiger charge is -2.32. The van der Waals surface area contributed by atoms with Crippen LogP contribution in [0.25, 0.3) is 0 Å². The molecule has 178 valence electrons. The molecule has 1 N–H and O–H groups in total. The van der Waals surface area contributed by atoms with Crippen molar-refractivity contribution < 1.29 is 14.3 Å². The molecule has 3 aromatic carbocycles. The number of benzene rings is 3. The van der Waals surface area contributed by atoms with Gasteiger partial charge in [0.2, 0.25) is 5.91 Å². The van der Waals surface area contributed by atoms with Crippen molar-refractivity contribution >= 4 is 23.4 Å². The number of nitrogens with one attached hydrogen (secondary N) is 1. The van der Waals surface area contributed by atoms with Crippen molar-refractivity contribution in [3.63, 3.8) is 0 Å². The monoisotopic (exact) mass is 478 g/mol. The molecule has 0 saturated heterocycles. The van der Waals surface area contributed by atoms with Gasteiger partial charge in [-0.25, -0.2) is 0 Å². The van der Waals surface area contributed by atoms with Crippen LogP contribution in [-0.2, 0) is 22.6 Å². The Labute approximate surface area is 206 Å². The largest absolute Gasteiger partial charge is 0.482 e. The van der Waals surface area contributed by atoms with E-state index in [0.717, 1.165) is 16.7 Å². The van der Waals surface area contributed by atoms with Crippen molar-refractivity contribution in [3.8, 4) is 5.75 Å². The maximum atomic E-state index is 13.5. The number of halogens is 1. The van der Waals surface area contributed by atoms with Crippen molar-refractivity contribution in [2.75, 3.05) is 6.61 Å². The van der Waals surface area contributed by atoms with Crippen molar-refractivity contribution in [1.82, 2.24) is 10.2 Å². The predicted molar refractivity (Wildman–Crippen MR) is 136 cm³/mol. The van der Waals surface area contributed by atoms with E-state index in [-0.39, 0.29) is 31.0 Å². The van der Waals surface area contributed by atoms with Gasteiger partial charge in [-0.1, -0.05) is 83.9 Å². The Balaban J connectivity index is 1.92. The zero-order valence-corrected chi connectivity index (χ0v) is 20.6. The molecule has 0 saturated carbocycles. The summed E-state index contributed by atoms with van der Waals surface area (Å²) in [5.41, 5.74) is 3.01. The van der Waals surface area contributed by atoms with Crippen LogP contribution in [0.5, 0.6) is 5.75 Å². The van der Waals surface area contributed by atoms with Gasteiger partial charge in [0.25, 0.3) is 5.91 Å². The Morgan fingerprint density at radius 3 is 2.29 bits per heavy atom. The molecule has 2 amide bonds. The molecule has 3 aromatic rings. The van der Waals surface area contributed by atoms with Crippen LogP contribution in [0.15, 0.2) is 78.9 Å². The number of rotatable bonds is 10. The highest BCUT2D eigenvalue weighted by Crippen LogP contribution is 2.23. The van der Waals surface area contributed by atoms with E-state index < -0.39 is 6.04 Å². The number of para-hydroxylation sites is 1. The fourth-order valence-electron chi connectivity index (χ4n) is 3.73. The van der Waals surface area contributed by atoms with E-state index in [9.17, 15) is 9.59 Å².